The highest BCUT2D eigenvalue weighted by atomic mass is 35.5. The van der Waals surface area contributed by atoms with Crippen molar-refractivity contribution in [2.75, 3.05) is 0 Å². The number of fused-ring (bicyclic) bond motifs is 1. The minimum absolute atomic E-state index is 0.0351. The third-order valence-electron chi connectivity index (χ3n) is 3.55. The van der Waals surface area contributed by atoms with Crippen molar-refractivity contribution in [1.82, 2.24) is 0 Å². The first-order valence-electron chi connectivity index (χ1n) is 6.39. The molecule has 0 saturated carbocycles. The Kier molecular flexibility index (Phi) is 3.15. The summed E-state index contributed by atoms with van der Waals surface area (Å²) in [5.74, 6) is -1.47. The fourth-order valence-corrected chi connectivity index (χ4v) is 2.75. The van der Waals surface area contributed by atoms with Crippen LogP contribution in [0.3, 0.4) is 0 Å². The van der Waals surface area contributed by atoms with Crippen LogP contribution in [-0.4, -0.2) is 16.7 Å². The zero-order valence-corrected chi connectivity index (χ0v) is 11.9. The number of allylic oxidation sites excluding steroid dienone is 1. The van der Waals surface area contributed by atoms with Gasteiger partial charge in [0.25, 0.3) is 0 Å². The van der Waals surface area contributed by atoms with Crippen LogP contribution in [0, 0.1) is 6.92 Å². The predicted octanol–water partition coefficient (Wildman–Crippen LogP) is 3.84. The maximum atomic E-state index is 12.3. The molecule has 1 N–H and O–H groups in total. The van der Waals surface area contributed by atoms with E-state index in [1.165, 1.54) is 6.07 Å². The first-order valence-corrected chi connectivity index (χ1v) is 6.76. The molecule has 0 unspecified atom stereocenters. The number of hydrogen-bond donors (Lipinski definition) is 1. The Labute approximate surface area is 126 Å². The number of aliphatic hydroxyl groups is 1. The van der Waals surface area contributed by atoms with Crippen molar-refractivity contribution in [3.8, 4) is 0 Å². The number of rotatable bonds is 1. The van der Waals surface area contributed by atoms with Crippen LogP contribution in [0.4, 0.5) is 0 Å². The van der Waals surface area contributed by atoms with E-state index in [1.807, 2.05) is 0 Å². The van der Waals surface area contributed by atoms with Gasteiger partial charge in [0.2, 0.25) is 11.6 Å². The molecule has 3 nitrogen and oxygen atoms in total. The number of aryl methyl sites for hydroxylation is 1. The fourth-order valence-electron chi connectivity index (χ4n) is 2.52. The third kappa shape index (κ3) is 2.06. The van der Waals surface area contributed by atoms with E-state index in [1.54, 1.807) is 43.3 Å². The summed E-state index contributed by atoms with van der Waals surface area (Å²) in [4.78, 5) is 24.5. The topological polar surface area (TPSA) is 54.4 Å². The molecule has 0 amide bonds. The van der Waals surface area contributed by atoms with Gasteiger partial charge in [0.15, 0.2) is 0 Å². The van der Waals surface area contributed by atoms with E-state index in [4.69, 9.17) is 11.6 Å². The Hall–Kier alpha value is -2.39. The number of carbonyl (C=O) groups is 2. The Morgan fingerprint density at radius 2 is 1.57 bits per heavy atom. The Morgan fingerprint density at radius 3 is 2.24 bits per heavy atom. The molecule has 1 aliphatic rings. The van der Waals surface area contributed by atoms with Gasteiger partial charge in [-0.25, -0.2) is 0 Å². The number of halogens is 1. The van der Waals surface area contributed by atoms with Gasteiger partial charge in [-0.2, -0.15) is 0 Å². The number of benzene rings is 2. The monoisotopic (exact) mass is 298 g/mol. The van der Waals surface area contributed by atoms with Gasteiger partial charge in [0, 0.05) is 16.1 Å². The van der Waals surface area contributed by atoms with E-state index in [2.05, 4.69) is 0 Å². The second-order valence-electron chi connectivity index (χ2n) is 4.89. The van der Waals surface area contributed by atoms with Crippen molar-refractivity contribution in [3.05, 3.63) is 69.7 Å². The average Bonchev–Trinajstić information content (AvgIpc) is 2.47. The lowest BCUT2D eigenvalue weighted by atomic mass is 9.84. The first kappa shape index (κ1) is 13.6. The number of aliphatic hydroxyl groups excluding tert-OH is 1. The number of ketones is 2. The largest absolute Gasteiger partial charge is 0.506 e. The molecule has 21 heavy (non-hydrogen) atoms. The summed E-state index contributed by atoms with van der Waals surface area (Å²) in [5.41, 5.74) is 1.89. The molecule has 4 heteroatoms. The summed E-state index contributed by atoms with van der Waals surface area (Å²) >= 11 is 5.91. The molecule has 3 rings (SSSR count). The second kappa shape index (κ2) is 4.86. The summed E-state index contributed by atoms with van der Waals surface area (Å²) in [5, 5.41) is 11.0. The minimum atomic E-state index is -0.698. The minimum Gasteiger partial charge on any atom is -0.506 e. The molecule has 0 spiro atoms. The highest BCUT2D eigenvalue weighted by molar-refractivity contribution is 6.62. The number of carbonyl (C=O) groups excluding carboxylic acids is 2. The molecule has 0 bridgehead atoms. The van der Waals surface area contributed by atoms with Gasteiger partial charge in [-0.3, -0.25) is 9.59 Å². The van der Waals surface area contributed by atoms with E-state index in [9.17, 15) is 14.7 Å². The molecule has 1 aliphatic carbocycles. The molecular weight excluding hydrogens is 288 g/mol. The van der Waals surface area contributed by atoms with Crippen LogP contribution in [0.25, 0.3) is 11.3 Å². The lowest BCUT2D eigenvalue weighted by Gasteiger charge is -2.19. The molecule has 0 atom stereocenters. The van der Waals surface area contributed by atoms with Gasteiger partial charge in [0.05, 0.1) is 5.57 Å². The highest BCUT2D eigenvalue weighted by Gasteiger charge is 2.33. The lowest BCUT2D eigenvalue weighted by Crippen LogP contribution is -2.23. The van der Waals surface area contributed by atoms with E-state index in [0.29, 0.717) is 16.1 Å². The van der Waals surface area contributed by atoms with Crippen LogP contribution in [0.2, 0.25) is 5.02 Å². The maximum Gasteiger partial charge on any atom is 0.237 e. The summed E-state index contributed by atoms with van der Waals surface area (Å²) in [7, 11) is 0. The van der Waals surface area contributed by atoms with Gasteiger partial charge in [-0.15, -0.1) is 0 Å². The Morgan fingerprint density at radius 1 is 0.905 bits per heavy atom. The van der Waals surface area contributed by atoms with Crippen LogP contribution in [0.1, 0.15) is 27.0 Å². The van der Waals surface area contributed by atoms with Crippen LogP contribution in [0.15, 0.2) is 42.5 Å². The summed E-state index contributed by atoms with van der Waals surface area (Å²) < 4.78 is 0. The normalized spacial score (nSPS) is 14.4. The molecule has 104 valence electrons. The first-order chi connectivity index (χ1) is 10.0. The summed E-state index contributed by atoms with van der Waals surface area (Å²) in [6.07, 6.45) is 0. The van der Waals surface area contributed by atoms with Crippen LogP contribution in [0.5, 0.6) is 0 Å². The van der Waals surface area contributed by atoms with Crippen molar-refractivity contribution < 1.29 is 14.7 Å². The molecule has 0 heterocycles. The third-order valence-corrected chi connectivity index (χ3v) is 3.79. The van der Waals surface area contributed by atoms with Crippen molar-refractivity contribution >= 4 is 34.5 Å². The zero-order chi connectivity index (χ0) is 15.1. The quantitative estimate of drug-likeness (QED) is 0.814. The van der Waals surface area contributed by atoms with E-state index in [-0.39, 0.29) is 16.9 Å². The van der Waals surface area contributed by atoms with Crippen molar-refractivity contribution in [1.29, 1.82) is 0 Å². The molecule has 0 fully saturated rings. The fraction of sp³-hybridized carbons (Fsp3) is 0.0588. The number of Topliss-reactive ketones (excluding diaryl/α,β-unsaturated/α-hetero) is 2. The molecule has 0 radical (unpaired) electrons. The molecule has 2 aromatic rings. The van der Waals surface area contributed by atoms with Gasteiger partial charge < -0.3 is 5.11 Å². The van der Waals surface area contributed by atoms with Gasteiger partial charge in [0.1, 0.15) is 5.76 Å². The standard InChI is InChI=1S/C17H11ClO3/c1-9-8-10(18)6-7-11(9)14-15(19)12-4-2-3-5-13(12)16(20)17(14)21/h2-8,19H,1H3. The smallest absolute Gasteiger partial charge is 0.237 e. The molecule has 0 aromatic heterocycles. The molecule has 0 saturated heterocycles. The summed E-state index contributed by atoms with van der Waals surface area (Å²) in [6.45, 7) is 1.78. The van der Waals surface area contributed by atoms with Crippen LogP contribution in [-0.2, 0) is 4.79 Å². The van der Waals surface area contributed by atoms with Gasteiger partial charge in [-0.1, -0.05) is 41.9 Å². The molecule has 0 aliphatic heterocycles. The van der Waals surface area contributed by atoms with Gasteiger partial charge >= 0.3 is 0 Å². The van der Waals surface area contributed by atoms with Crippen molar-refractivity contribution in [2.45, 2.75) is 6.92 Å². The van der Waals surface area contributed by atoms with E-state index in [0.717, 1.165) is 5.56 Å². The average molecular weight is 299 g/mol. The van der Waals surface area contributed by atoms with Crippen molar-refractivity contribution in [2.24, 2.45) is 0 Å². The second-order valence-corrected chi connectivity index (χ2v) is 5.32. The Balaban J connectivity index is 2.31. The zero-order valence-electron chi connectivity index (χ0n) is 11.2. The van der Waals surface area contributed by atoms with Gasteiger partial charge in [-0.05, 0) is 30.2 Å². The molecular formula is C17H11ClO3. The lowest BCUT2D eigenvalue weighted by molar-refractivity contribution is -0.110. The SMILES string of the molecule is Cc1cc(Cl)ccc1C1=C(O)c2ccccc2C(=O)C1=O. The highest BCUT2D eigenvalue weighted by Crippen LogP contribution is 2.35. The summed E-state index contributed by atoms with van der Waals surface area (Å²) in [6, 6.07) is 11.5. The Bertz CT molecular complexity index is 819. The molecule has 2 aromatic carbocycles. The predicted molar refractivity (Wildman–Crippen MR) is 81.4 cm³/mol. The number of hydrogen-bond acceptors (Lipinski definition) is 3. The van der Waals surface area contributed by atoms with E-state index < -0.39 is 11.6 Å². The maximum absolute atomic E-state index is 12.3. The van der Waals surface area contributed by atoms with Crippen LogP contribution < -0.4 is 0 Å². The van der Waals surface area contributed by atoms with Crippen molar-refractivity contribution in [3.63, 3.8) is 0 Å². The van der Waals surface area contributed by atoms with Crippen LogP contribution >= 0.6 is 11.6 Å². The van der Waals surface area contributed by atoms with E-state index >= 15 is 0 Å².